The smallest absolute Gasteiger partial charge is 0.272 e. The average Bonchev–Trinajstić information content (AvgIpc) is 3.23. The topological polar surface area (TPSA) is 83.8 Å². The first-order valence-corrected chi connectivity index (χ1v) is 10.2. The van der Waals surface area contributed by atoms with Crippen molar-refractivity contribution in [2.45, 2.75) is 39.3 Å². The number of nitrogens with zero attached hydrogens (tertiary/aromatic N) is 3. The number of aryl methyl sites for hydroxylation is 2. The Morgan fingerprint density at radius 1 is 1.23 bits per heavy atom. The normalized spacial score (nSPS) is 15.4. The molecule has 31 heavy (non-hydrogen) atoms. The molecule has 0 N–H and O–H groups in total. The fourth-order valence-electron chi connectivity index (χ4n) is 3.87. The van der Waals surface area contributed by atoms with E-state index in [9.17, 15) is 19.7 Å². The molecule has 3 rings (SSSR count). The standard InChI is InChI=1S/C24H25N3O4/c1-4-13-25(16-19-9-7-17(2)8-10-19)24(29)22-6-5-14-26(22)23(28)20-11-12-21(27(30)31)18(3)15-20/h1,7-12,15,22H,5-6,13-14,16H2,2-3H3. The molecular formula is C24H25N3O4. The highest BCUT2D eigenvalue weighted by Gasteiger charge is 2.37. The monoisotopic (exact) mass is 419 g/mol. The Morgan fingerprint density at radius 3 is 2.55 bits per heavy atom. The SMILES string of the molecule is C#CCN(Cc1ccc(C)cc1)C(=O)C1CCCN1C(=O)c1ccc([N+](=O)[O-])c(C)c1. The Balaban J connectivity index is 1.80. The van der Waals surface area contributed by atoms with Crippen molar-refractivity contribution in [2.75, 3.05) is 13.1 Å². The van der Waals surface area contributed by atoms with E-state index in [2.05, 4.69) is 5.92 Å². The summed E-state index contributed by atoms with van der Waals surface area (Å²) in [5.74, 6) is 2.06. The second-order valence-corrected chi connectivity index (χ2v) is 7.80. The van der Waals surface area contributed by atoms with Crippen LogP contribution in [0.2, 0.25) is 0 Å². The predicted octanol–water partition coefficient (Wildman–Crippen LogP) is 3.48. The third-order valence-corrected chi connectivity index (χ3v) is 5.53. The van der Waals surface area contributed by atoms with E-state index in [1.807, 2.05) is 31.2 Å². The van der Waals surface area contributed by atoms with E-state index in [0.29, 0.717) is 37.1 Å². The maximum Gasteiger partial charge on any atom is 0.272 e. The van der Waals surface area contributed by atoms with Gasteiger partial charge in [0.15, 0.2) is 0 Å². The molecule has 1 aliphatic rings. The van der Waals surface area contributed by atoms with E-state index in [0.717, 1.165) is 11.1 Å². The highest BCUT2D eigenvalue weighted by molar-refractivity contribution is 5.98. The first-order chi connectivity index (χ1) is 14.8. The molecule has 0 aromatic heterocycles. The lowest BCUT2D eigenvalue weighted by atomic mass is 10.1. The molecule has 1 atom stereocenters. The molecule has 7 heteroatoms. The molecule has 1 heterocycles. The van der Waals surface area contributed by atoms with Gasteiger partial charge < -0.3 is 9.80 Å². The molecule has 0 aliphatic carbocycles. The molecule has 0 saturated carbocycles. The van der Waals surface area contributed by atoms with Crippen molar-refractivity contribution in [3.05, 3.63) is 74.8 Å². The average molecular weight is 419 g/mol. The van der Waals surface area contributed by atoms with Crippen molar-refractivity contribution in [1.29, 1.82) is 0 Å². The first-order valence-electron chi connectivity index (χ1n) is 10.2. The lowest BCUT2D eigenvalue weighted by molar-refractivity contribution is -0.385. The highest BCUT2D eigenvalue weighted by atomic mass is 16.6. The minimum absolute atomic E-state index is 0.0381. The number of carbonyl (C=O) groups is 2. The summed E-state index contributed by atoms with van der Waals surface area (Å²) >= 11 is 0. The van der Waals surface area contributed by atoms with Crippen LogP contribution in [0.1, 0.15) is 39.9 Å². The summed E-state index contributed by atoms with van der Waals surface area (Å²) in [6, 6.07) is 11.6. The largest absolute Gasteiger partial charge is 0.327 e. The van der Waals surface area contributed by atoms with Crippen molar-refractivity contribution in [1.82, 2.24) is 9.80 Å². The molecule has 1 unspecified atom stereocenters. The van der Waals surface area contributed by atoms with Crippen LogP contribution in [0.4, 0.5) is 5.69 Å². The summed E-state index contributed by atoms with van der Waals surface area (Å²) in [6.07, 6.45) is 6.78. The number of nitro benzene ring substituents is 1. The summed E-state index contributed by atoms with van der Waals surface area (Å²) < 4.78 is 0. The second-order valence-electron chi connectivity index (χ2n) is 7.80. The third kappa shape index (κ3) is 4.92. The minimum Gasteiger partial charge on any atom is -0.327 e. The molecule has 0 spiro atoms. The number of carbonyl (C=O) groups excluding carboxylic acids is 2. The molecule has 2 aromatic rings. The Labute approximate surface area is 181 Å². The number of benzene rings is 2. The number of amides is 2. The molecule has 1 aliphatic heterocycles. The van der Waals surface area contributed by atoms with E-state index >= 15 is 0 Å². The van der Waals surface area contributed by atoms with Gasteiger partial charge in [-0.15, -0.1) is 6.42 Å². The summed E-state index contributed by atoms with van der Waals surface area (Å²) in [5, 5.41) is 11.0. The van der Waals surface area contributed by atoms with Crippen LogP contribution in [0.5, 0.6) is 0 Å². The van der Waals surface area contributed by atoms with Crippen molar-refractivity contribution >= 4 is 17.5 Å². The van der Waals surface area contributed by atoms with Crippen LogP contribution in [0.25, 0.3) is 0 Å². The number of hydrogen-bond donors (Lipinski definition) is 0. The predicted molar refractivity (Wildman–Crippen MR) is 117 cm³/mol. The van der Waals surface area contributed by atoms with Crippen molar-refractivity contribution in [3.8, 4) is 12.3 Å². The van der Waals surface area contributed by atoms with Gasteiger partial charge in [-0.2, -0.15) is 0 Å². The zero-order valence-electron chi connectivity index (χ0n) is 17.7. The van der Waals surface area contributed by atoms with Gasteiger partial charge in [-0.25, -0.2) is 0 Å². The Kier molecular flexibility index (Phi) is 6.71. The van der Waals surface area contributed by atoms with E-state index in [1.165, 1.54) is 18.2 Å². The van der Waals surface area contributed by atoms with Gasteiger partial charge in [-0.1, -0.05) is 35.7 Å². The Bertz CT molecular complexity index is 1040. The third-order valence-electron chi connectivity index (χ3n) is 5.53. The van der Waals surface area contributed by atoms with Gasteiger partial charge in [0.05, 0.1) is 11.5 Å². The summed E-state index contributed by atoms with van der Waals surface area (Å²) in [7, 11) is 0. The zero-order chi connectivity index (χ0) is 22.5. The second kappa shape index (κ2) is 9.43. The van der Waals surface area contributed by atoms with E-state index in [-0.39, 0.29) is 24.0 Å². The molecule has 1 fully saturated rings. The molecular weight excluding hydrogens is 394 g/mol. The van der Waals surface area contributed by atoms with Gasteiger partial charge in [0.25, 0.3) is 11.6 Å². The molecule has 1 saturated heterocycles. The van der Waals surface area contributed by atoms with Gasteiger partial charge >= 0.3 is 0 Å². The van der Waals surface area contributed by atoms with Gasteiger partial charge in [-0.05, 0) is 44.4 Å². The van der Waals surface area contributed by atoms with Crippen molar-refractivity contribution < 1.29 is 14.5 Å². The maximum atomic E-state index is 13.3. The van der Waals surface area contributed by atoms with Crippen LogP contribution >= 0.6 is 0 Å². The van der Waals surface area contributed by atoms with Crippen LogP contribution in [0.3, 0.4) is 0 Å². The summed E-state index contributed by atoms with van der Waals surface area (Å²) in [6.45, 7) is 4.58. The Hall–Kier alpha value is -3.66. The summed E-state index contributed by atoms with van der Waals surface area (Å²) in [5.41, 5.74) is 2.81. The van der Waals surface area contributed by atoms with Gasteiger partial charge in [-0.3, -0.25) is 19.7 Å². The lowest BCUT2D eigenvalue weighted by Crippen LogP contribution is -2.47. The number of terminal acetylenes is 1. The molecule has 7 nitrogen and oxygen atoms in total. The molecule has 2 aromatic carbocycles. The molecule has 160 valence electrons. The fourth-order valence-corrected chi connectivity index (χ4v) is 3.87. The molecule has 0 bridgehead atoms. The maximum absolute atomic E-state index is 13.3. The number of rotatable bonds is 6. The van der Waals surface area contributed by atoms with Gasteiger partial charge in [0, 0.05) is 30.3 Å². The van der Waals surface area contributed by atoms with Crippen LogP contribution in [-0.4, -0.2) is 45.7 Å². The van der Waals surface area contributed by atoms with Crippen LogP contribution in [0, 0.1) is 36.3 Å². The van der Waals surface area contributed by atoms with Gasteiger partial charge in [0.2, 0.25) is 5.91 Å². The Morgan fingerprint density at radius 2 is 1.94 bits per heavy atom. The number of hydrogen-bond acceptors (Lipinski definition) is 4. The molecule has 0 radical (unpaired) electrons. The van der Waals surface area contributed by atoms with Crippen LogP contribution in [0.15, 0.2) is 42.5 Å². The number of nitro groups is 1. The van der Waals surface area contributed by atoms with Crippen LogP contribution in [-0.2, 0) is 11.3 Å². The summed E-state index contributed by atoms with van der Waals surface area (Å²) in [4.78, 5) is 40.2. The fraction of sp³-hybridized carbons (Fsp3) is 0.333. The van der Waals surface area contributed by atoms with Crippen molar-refractivity contribution in [3.63, 3.8) is 0 Å². The van der Waals surface area contributed by atoms with Gasteiger partial charge in [0.1, 0.15) is 6.04 Å². The van der Waals surface area contributed by atoms with Crippen molar-refractivity contribution in [2.24, 2.45) is 0 Å². The van der Waals surface area contributed by atoms with E-state index in [4.69, 9.17) is 6.42 Å². The first kappa shape index (κ1) is 22.0. The minimum atomic E-state index is -0.596. The lowest BCUT2D eigenvalue weighted by Gasteiger charge is -2.29. The zero-order valence-corrected chi connectivity index (χ0v) is 17.7. The highest BCUT2D eigenvalue weighted by Crippen LogP contribution is 2.25. The quantitative estimate of drug-likeness (QED) is 0.408. The number of likely N-dealkylation sites (tertiary alicyclic amines) is 1. The van der Waals surface area contributed by atoms with Crippen LogP contribution < -0.4 is 0 Å². The van der Waals surface area contributed by atoms with E-state index < -0.39 is 11.0 Å². The van der Waals surface area contributed by atoms with E-state index in [1.54, 1.807) is 16.7 Å². The molecule has 2 amide bonds.